The van der Waals surface area contributed by atoms with Gasteiger partial charge in [-0.05, 0) is 55.2 Å². The van der Waals surface area contributed by atoms with Gasteiger partial charge in [0.1, 0.15) is 11.8 Å². The lowest BCUT2D eigenvalue weighted by atomic mass is 10.0. The molecule has 0 bridgehead atoms. The molecule has 0 radical (unpaired) electrons. The van der Waals surface area contributed by atoms with Crippen molar-refractivity contribution in [2.24, 2.45) is 0 Å². The summed E-state index contributed by atoms with van der Waals surface area (Å²) >= 11 is 3.46. The highest BCUT2D eigenvalue weighted by Gasteiger charge is 2.31. The number of hydrogen-bond donors (Lipinski definition) is 1. The molecule has 5 nitrogen and oxygen atoms in total. The first-order chi connectivity index (χ1) is 16.9. The molecule has 0 fully saturated rings. The Balaban J connectivity index is 1.91. The Morgan fingerprint density at radius 3 is 2.26 bits per heavy atom. The van der Waals surface area contributed by atoms with E-state index in [0.717, 1.165) is 27.6 Å². The summed E-state index contributed by atoms with van der Waals surface area (Å²) in [5, 5.41) is 3.08. The molecule has 0 heterocycles. The van der Waals surface area contributed by atoms with Crippen LogP contribution in [0.4, 0.5) is 0 Å². The molecule has 2 amide bonds. The minimum Gasteiger partial charge on any atom is -0.484 e. The zero-order valence-corrected chi connectivity index (χ0v) is 22.1. The van der Waals surface area contributed by atoms with Crippen LogP contribution in [0.25, 0.3) is 0 Å². The number of halogens is 1. The van der Waals surface area contributed by atoms with Crippen LogP contribution in [0.2, 0.25) is 0 Å². The number of rotatable bonds is 11. The summed E-state index contributed by atoms with van der Waals surface area (Å²) < 4.78 is 6.84. The zero-order chi connectivity index (χ0) is 25.2. The van der Waals surface area contributed by atoms with E-state index in [1.54, 1.807) is 4.90 Å². The normalized spacial score (nSPS) is 12.5. The van der Waals surface area contributed by atoms with E-state index in [9.17, 15) is 9.59 Å². The Kier molecular flexibility index (Phi) is 9.91. The van der Waals surface area contributed by atoms with Crippen molar-refractivity contribution in [3.8, 4) is 5.75 Å². The molecule has 6 heteroatoms. The maximum atomic E-state index is 13.6. The Morgan fingerprint density at radius 1 is 0.943 bits per heavy atom. The molecule has 0 aromatic heterocycles. The second-order valence-electron chi connectivity index (χ2n) is 8.73. The molecule has 184 valence electrons. The number of nitrogens with zero attached hydrogens (tertiary/aromatic N) is 1. The average Bonchev–Trinajstić information content (AvgIpc) is 2.87. The van der Waals surface area contributed by atoms with Gasteiger partial charge in [-0.15, -0.1) is 0 Å². The van der Waals surface area contributed by atoms with E-state index in [1.807, 2.05) is 99.6 Å². The van der Waals surface area contributed by atoms with Crippen LogP contribution in [0.1, 0.15) is 37.0 Å². The zero-order valence-electron chi connectivity index (χ0n) is 20.5. The molecule has 0 unspecified atom stereocenters. The molecule has 3 aromatic rings. The summed E-state index contributed by atoms with van der Waals surface area (Å²) in [5.74, 6) is 0.258. The molecule has 0 saturated heterocycles. The fourth-order valence-corrected chi connectivity index (χ4v) is 3.99. The smallest absolute Gasteiger partial charge is 0.261 e. The molecule has 35 heavy (non-hydrogen) atoms. The van der Waals surface area contributed by atoms with Gasteiger partial charge < -0.3 is 15.0 Å². The summed E-state index contributed by atoms with van der Waals surface area (Å²) in [4.78, 5) is 28.7. The molecule has 0 saturated carbocycles. The molecule has 0 aliphatic carbocycles. The van der Waals surface area contributed by atoms with E-state index in [-0.39, 0.29) is 24.5 Å². The van der Waals surface area contributed by atoms with Crippen LogP contribution in [0.3, 0.4) is 0 Å². The van der Waals surface area contributed by atoms with E-state index in [1.165, 1.54) is 0 Å². The van der Waals surface area contributed by atoms with Gasteiger partial charge in [-0.1, -0.05) is 83.5 Å². The van der Waals surface area contributed by atoms with Crippen LogP contribution in [-0.2, 0) is 22.6 Å². The number of carbonyl (C=O) groups is 2. The number of amides is 2. The third kappa shape index (κ3) is 7.96. The SMILES string of the molecule is CC[C@@H](C)NC(=O)[C@@H](Cc1ccccc1)N(Cc1ccc(Br)cc1)C(=O)COc1ccccc1C. The van der Waals surface area contributed by atoms with Crippen LogP contribution in [0.5, 0.6) is 5.75 Å². The van der Waals surface area contributed by atoms with Crippen LogP contribution in [0, 0.1) is 6.92 Å². The number of ether oxygens (including phenoxy) is 1. The Morgan fingerprint density at radius 2 is 1.60 bits per heavy atom. The number of benzene rings is 3. The van der Waals surface area contributed by atoms with Crippen molar-refractivity contribution >= 4 is 27.7 Å². The third-order valence-electron chi connectivity index (χ3n) is 5.98. The van der Waals surface area contributed by atoms with Gasteiger partial charge >= 0.3 is 0 Å². The van der Waals surface area contributed by atoms with E-state index in [0.29, 0.717) is 18.7 Å². The number of para-hydroxylation sites is 1. The highest BCUT2D eigenvalue weighted by molar-refractivity contribution is 9.10. The summed E-state index contributed by atoms with van der Waals surface area (Å²) in [6, 6.07) is 24.5. The van der Waals surface area contributed by atoms with Gasteiger partial charge in [0.25, 0.3) is 5.91 Å². The van der Waals surface area contributed by atoms with Crippen molar-refractivity contribution in [1.29, 1.82) is 0 Å². The van der Waals surface area contributed by atoms with Crippen LogP contribution >= 0.6 is 15.9 Å². The highest BCUT2D eigenvalue weighted by Crippen LogP contribution is 2.19. The van der Waals surface area contributed by atoms with Crippen LogP contribution < -0.4 is 10.1 Å². The predicted molar refractivity (Wildman–Crippen MR) is 143 cm³/mol. The number of hydrogen-bond acceptors (Lipinski definition) is 3. The van der Waals surface area contributed by atoms with Crippen LogP contribution in [-0.4, -0.2) is 35.4 Å². The van der Waals surface area contributed by atoms with Crippen molar-refractivity contribution < 1.29 is 14.3 Å². The van der Waals surface area contributed by atoms with E-state index < -0.39 is 6.04 Å². The molecule has 1 N–H and O–H groups in total. The summed E-state index contributed by atoms with van der Waals surface area (Å²) in [7, 11) is 0. The third-order valence-corrected chi connectivity index (χ3v) is 6.51. The fourth-order valence-electron chi connectivity index (χ4n) is 3.72. The molecule has 0 aliphatic rings. The standard InChI is InChI=1S/C29H33BrN2O3/c1-4-22(3)31-29(34)26(18-23-11-6-5-7-12-23)32(19-24-14-16-25(30)17-15-24)28(33)20-35-27-13-9-8-10-21(27)2/h5-17,22,26H,4,18-20H2,1-3H3,(H,31,34)/t22-,26-/m1/s1. The lowest BCUT2D eigenvalue weighted by Gasteiger charge is -2.32. The Bertz CT molecular complexity index is 1100. The average molecular weight is 537 g/mol. The van der Waals surface area contributed by atoms with Crippen molar-refractivity contribution in [2.75, 3.05) is 6.61 Å². The molecule has 3 aromatic carbocycles. The van der Waals surface area contributed by atoms with Gasteiger partial charge in [0.05, 0.1) is 0 Å². The number of aryl methyl sites for hydroxylation is 1. The van der Waals surface area contributed by atoms with E-state index in [4.69, 9.17) is 4.74 Å². The van der Waals surface area contributed by atoms with Gasteiger partial charge in [0.2, 0.25) is 5.91 Å². The first-order valence-corrected chi connectivity index (χ1v) is 12.7. The Labute approximate surface area is 216 Å². The summed E-state index contributed by atoms with van der Waals surface area (Å²) in [6.07, 6.45) is 1.22. The predicted octanol–water partition coefficient (Wildman–Crippen LogP) is 5.69. The van der Waals surface area contributed by atoms with Crippen molar-refractivity contribution in [3.05, 3.63) is 100 Å². The highest BCUT2D eigenvalue weighted by atomic mass is 79.9. The summed E-state index contributed by atoms with van der Waals surface area (Å²) in [5.41, 5.74) is 2.88. The lowest BCUT2D eigenvalue weighted by Crippen LogP contribution is -2.53. The van der Waals surface area contributed by atoms with Crippen LogP contribution in [0.15, 0.2) is 83.3 Å². The van der Waals surface area contributed by atoms with Crippen molar-refractivity contribution in [1.82, 2.24) is 10.2 Å². The Hall–Kier alpha value is -3.12. The van der Waals surface area contributed by atoms with Gasteiger partial charge in [-0.3, -0.25) is 9.59 Å². The minimum absolute atomic E-state index is 0.00799. The van der Waals surface area contributed by atoms with E-state index in [2.05, 4.69) is 21.2 Å². The molecular weight excluding hydrogens is 504 g/mol. The van der Waals surface area contributed by atoms with Gasteiger partial charge in [-0.2, -0.15) is 0 Å². The monoisotopic (exact) mass is 536 g/mol. The molecule has 0 aliphatic heterocycles. The minimum atomic E-state index is -0.678. The second kappa shape index (κ2) is 13.1. The van der Waals surface area contributed by atoms with Gasteiger partial charge in [-0.25, -0.2) is 0 Å². The van der Waals surface area contributed by atoms with Gasteiger partial charge in [0.15, 0.2) is 6.61 Å². The molecule has 3 rings (SSSR count). The maximum Gasteiger partial charge on any atom is 0.261 e. The van der Waals surface area contributed by atoms with Crippen molar-refractivity contribution in [2.45, 2.75) is 52.2 Å². The second-order valence-corrected chi connectivity index (χ2v) is 9.64. The van der Waals surface area contributed by atoms with Gasteiger partial charge in [0, 0.05) is 23.5 Å². The first-order valence-electron chi connectivity index (χ1n) is 11.9. The number of carbonyl (C=O) groups excluding carboxylic acids is 2. The topological polar surface area (TPSA) is 58.6 Å². The molecule has 0 spiro atoms. The molecule has 2 atom stereocenters. The first kappa shape index (κ1) is 26.5. The maximum absolute atomic E-state index is 13.6. The largest absolute Gasteiger partial charge is 0.484 e. The quantitative estimate of drug-likeness (QED) is 0.342. The van der Waals surface area contributed by atoms with Crippen molar-refractivity contribution in [3.63, 3.8) is 0 Å². The molecular formula is C29H33BrN2O3. The lowest BCUT2D eigenvalue weighted by molar-refractivity contribution is -0.143. The fraction of sp³-hybridized carbons (Fsp3) is 0.310. The van der Waals surface area contributed by atoms with E-state index >= 15 is 0 Å². The number of nitrogens with one attached hydrogen (secondary N) is 1. The summed E-state index contributed by atoms with van der Waals surface area (Å²) in [6.45, 7) is 6.09.